The monoisotopic (exact) mass is 280 g/mol. The molecule has 1 amide bonds. The van der Waals surface area contributed by atoms with Crippen molar-refractivity contribution in [1.82, 2.24) is 10.6 Å². The summed E-state index contributed by atoms with van der Waals surface area (Å²) in [5.41, 5.74) is 0.977. The number of halogens is 1. The van der Waals surface area contributed by atoms with Crippen molar-refractivity contribution in [2.24, 2.45) is 0 Å². The molecular weight excluding hydrogens is 264 g/mol. The third kappa shape index (κ3) is 2.55. The number of fused-ring (bicyclic) bond motifs is 1. The van der Waals surface area contributed by atoms with Gasteiger partial charge in [0, 0.05) is 12.0 Å². The Morgan fingerprint density at radius 3 is 3.11 bits per heavy atom. The van der Waals surface area contributed by atoms with Crippen LogP contribution in [0.1, 0.15) is 30.9 Å². The Morgan fingerprint density at radius 1 is 1.42 bits per heavy atom. The van der Waals surface area contributed by atoms with Crippen LogP contribution in [-0.2, 0) is 4.79 Å². The summed E-state index contributed by atoms with van der Waals surface area (Å²) in [6, 6.07) is 5.61. The molecule has 3 rings (SSSR count). The van der Waals surface area contributed by atoms with E-state index in [2.05, 4.69) is 10.6 Å². The summed E-state index contributed by atoms with van der Waals surface area (Å²) in [4.78, 5) is 12.2. The largest absolute Gasteiger partial charge is 0.492 e. The topological polar surface area (TPSA) is 50.4 Å². The minimum atomic E-state index is -0.0505. The quantitative estimate of drug-likeness (QED) is 0.872. The first-order valence-corrected chi connectivity index (χ1v) is 7.08. The fraction of sp³-hybridized carbons (Fsp3) is 0.500. The SMILES string of the molecule is O=C(NC1CCOc2c(Cl)cccc21)C1CCCN1. The van der Waals surface area contributed by atoms with Gasteiger partial charge in [-0.3, -0.25) is 4.79 Å². The molecule has 2 aliphatic heterocycles. The van der Waals surface area contributed by atoms with Gasteiger partial charge in [0.15, 0.2) is 0 Å². The number of nitrogens with one attached hydrogen (secondary N) is 2. The number of carbonyl (C=O) groups is 1. The van der Waals surface area contributed by atoms with E-state index >= 15 is 0 Å². The molecule has 1 aromatic rings. The van der Waals surface area contributed by atoms with Crippen LogP contribution in [0.15, 0.2) is 18.2 Å². The maximum Gasteiger partial charge on any atom is 0.237 e. The van der Waals surface area contributed by atoms with Crippen LogP contribution < -0.4 is 15.4 Å². The highest BCUT2D eigenvalue weighted by Gasteiger charge is 2.28. The number of ether oxygens (including phenoxy) is 1. The number of benzene rings is 1. The predicted octanol–water partition coefficient (Wildman–Crippen LogP) is 2.03. The molecule has 0 spiro atoms. The summed E-state index contributed by atoms with van der Waals surface area (Å²) >= 11 is 6.12. The minimum Gasteiger partial charge on any atom is -0.492 e. The molecule has 2 atom stereocenters. The zero-order valence-corrected chi connectivity index (χ0v) is 11.4. The van der Waals surface area contributed by atoms with Crippen LogP contribution >= 0.6 is 11.6 Å². The number of rotatable bonds is 2. The highest BCUT2D eigenvalue weighted by molar-refractivity contribution is 6.32. The van der Waals surface area contributed by atoms with Crippen LogP contribution in [0.5, 0.6) is 5.75 Å². The first-order valence-electron chi connectivity index (χ1n) is 6.70. The van der Waals surface area contributed by atoms with E-state index in [1.54, 1.807) is 0 Å². The average Bonchev–Trinajstić information content (AvgIpc) is 2.94. The van der Waals surface area contributed by atoms with Crippen molar-refractivity contribution in [3.8, 4) is 5.75 Å². The van der Waals surface area contributed by atoms with Crippen molar-refractivity contribution in [2.45, 2.75) is 31.3 Å². The van der Waals surface area contributed by atoms with Gasteiger partial charge in [0.05, 0.1) is 23.7 Å². The van der Waals surface area contributed by atoms with Gasteiger partial charge in [0.1, 0.15) is 5.75 Å². The van der Waals surface area contributed by atoms with E-state index in [4.69, 9.17) is 16.3 Å². The predicted molar refractivity (Wildman–Crippen MR) is 73.5 cm³/mol. The Kier molecular flexibility index (Phi) is 3.62. The van der Waals surface area contributed by atoms with Gasteiger partial charge in [-0.25, -0.2) is 0 Å². The summed E-state index contributed by atoms with van der Waals surface area (Å²) in [6.07, 6.45) is 2.76. The molecule has 0 bridgehead atoms. The van der Waals surface area contributed by atoms with Crippen LogP contribution in [0.3, 0.4) is 0 Å². The molecule has 1 fully saturated rings. The zero-order chi connectivity index (χ0) is 13.2. The maximum atomic E-state index is 12.2. The Morgan fingerprint density at radius 2 is 2.32 bits per heavy atom. The van der Waals surface area contributed by atoms with Gasteiger partial charge in [0.25, 0.3) is 0 Å². The zero-order valence-electron chi connectivity index (χ0n) is 10.6. The Hall–Kier alpha value is -1.26. The molecular formula is C14H17ClN2O2. The summed E-state index contributed by atoms with van der Waals surface area (Å²) in [5, 5.41) is 6.92. The first-order chi connectivity index (χ1) is 9.25. The molecule has 2 unspecified atom stereocenters. The molecule has 2 N–H and O–H groups in total. The normalized spacial score (nSPS) is 25.5. The number of carbonyl (C=O) groups excluding carboxylic acids is 1. The Balaban J connectivity index is 1.76. The van der Waals surface area contributed by atoms with Gasteiger partial charge in [0.2, 0.25) is 5.91 Å². The van der Waals surface area contributed by atoms with Crippen molar-refractivity contribution in [1.29, 1.82) is 0 Å². The number of hydrogen-bond donors (Lipinski definition) is 2. The van der Waals surface area contributed by atoms with Crippen LogP contribution in [0.25, 0.3) is 0 Å². The molecule has 0 aromatic heterocycles. The van der Waals surface area contributed by atoms with Crippen molar-refractivity contribution in [3.05, 3.63) is 28.8 Å². The van der Waals surface area contributed by atoms with E-state index in [9.17, 15) is 4.79 Å². The van der Waals surface area contributed by atoms with E-state index in [0.29, 0.717) is 17.4 Å². The highest BCUT2D eigenvalue weighted by Crippen LogP contribution is 2.37. The van der Waals surface area contributed by atoms with Crippen LogP contribution in [0.4, 0.5) is 0 Å². The first kappa shape index (κ1) is 12.8. The fourth-order valence-corrected chi connectivity index (χ4v) is 2.95. The minimum absolute atomic E-state index is 0.00245. The lowest BCUT2D eigenvalue weighted by Crippen LogP contribution is -2.43. The lowest BCUT2D eigenvalue weighted by molar-refractivity contribution is -0.123. The van der Waals surface area contributed by atoms with Crippen molar-refractivity contribution < 1.29 is 9.53 Å². The van der Waals surface area contributed by atoms with Crippen LogP contribution in [0, 0.1) is 0 Å². The molecule has 1 saturated heterocycles. The van der Waals surface area contributed by atoms with Gasteiger partial charge in [-0.1, -0.05) is 23.7 Å². The van der Waals surface area contributed by atoms with Crippen molar-refractivity contribution in [3.63, 3.8) is 0 Å². The van der Waals surface area contributed by atoms with Crippen molar-refractivity contribution >= 4 is 17.5 Å². The van der Waals surface area contributed by atoms with Gasteiger partial charge in [-0.2, -0.15) is 0 Å². The second kappa shape index (κ2) is 5.39. The van der Waals surface area contributed by atoms with Crippen LogP contribution in [-0.4, -0.2) is 25.1 Å². The second-order valence-corrected chi connectivity index (χ2v) is 5.41. The second-order valence-electron chi connectivity index (χ2n) is 5.01. The van der Waals surface area contributed by atoms with Gasteiger partial charge in [-0.05, 0) is 25.5 Å². The lowest BCUT2D eigenvalue weighted by Gasteiger charge is -2.28. The maximum absolute atomic E-state index is 12.2. The standard InChI is InChI=1S/C14H17ClN2O2/c15-10-4-1-3-9-11(6-8-19-13(9)10)17-14(18)12-5-2-7-16-12/h1,3-4,11-12,16H,2,5-8H2,(H,17,18). The molecule has 5 heteroatoms. The highest BCUT2D eigenvalue weighted by atomic mass is 35.5. The molecule has 0 radical (unpaired) electrons. The van der Waals surface area contributed by atoms with Gasteiger partial charge in [-0.15, -0.1) is 0 Å². The van der Waals surface area contributed by atoms with E-state index < -0.39 is 0 Å². The Labute approximate surface area is 117 Å². The molecule has 102 valence electrons. The third-order valence-corrected chi connectivity index (χ3v) is 4.02. The van der Waals surface area contributed by atoms with Crippen molar-refractivity contribution in [2.75, 3.05) is 13.2 Å². The van der Waals surface area contributed by atoms with Gasteiger partial charge >= 0.3 is 0 Å². The molecule has 2 heterocycles. The molecule has 4 nitrogen and oxygen atoms in total. The van der Waals surface area contributed by atoms with E-state index in [-0.39, 0.29) is 18.0 Å². The van der Waals surface area contributed by atoms with Gasteiger partial charge < -0.3 is 15.4 Å². The average molecular weight is 281 g/mol. The number of amides is 1. The third-order valence-electron chi connectivity index (χ3n) is 3.72. The smallest absolute Gasteiger partial charge is 0.237 e. The molecule has 1 aromatic carbocycles. The number of hydrogen-bond acceptors (Lipinski definition) is 3. The van der Waals surface area contributed by atoms with E-state index in [1.165, 1.54) is 0 Å². The Bertz CT molecular complexity index is 486. The van der Waals surface area contributed by atoms with E-state index in [0.717, 1.165) is 31.4 Å². The van der Waals surface area contributed by atoms with E-state index in [1.807, 2.05) is 18.2 Å². The molecule has 0 saturated carbocycles. The fourth-order valence-electron chi connectivity index (χ4n) is 2.72. The number of para-hydroxylation sites is 1. The summed E-state index contributed by atoms with van der Waals surface area (Å²) < 4.78 is 5.59. The summed E-state index contributed by atoms with van der Waals surface area (Å²) in [6.45, 7) is 1.51. The summed E-state index contributed by atoms with van der Waals surface area (Å²) in [7, 11) is 0. The summed E-state index contributed by atoms with van der Waals surface area (Å²) in [5.74, 6) is 0.787. The molecule has 0 aliphatic carbocycles. The lowest BCUT2D eigenvalue weighted by atomic mass is 10.00. The molecule has 19 heavy (non-hydrogen) atoms. The van der Waals surface area contributed by atoms with Crippen LogP contribution in [0.2, 0.25) is 5.02 Å². The molecule has 2 aliphatic rings.